The van der Waals surface area contributed by atoms with E-state index in [2.05, 4.69) is 5.10 Å². The fourth-order valence-electron chi connectivity index (χ4n) is 2.06. The summed E-state index contributed by atoms with van der Waals surface area (Å²) in [6.45, 7) is 3.33. The van der Waals surface area contributed by atoms with Gasteiger partial charge in [0.1, 0.15) is 6.04 Å². The van der Waals surface area contributed by atoms with Crippen LogP contribution in [0.3, 0.4) is 0 Å². The van der Waals surface area contributed by atoms with Gasteiger partial charge in [-0.25, -0.2) is 4.68 Å². The van der Waals surface area contributed by atoms with Crippen molar-refractivity contribution >= 4 is 17.4 Å². The zero-order valence-corrected chi connectivity index (χ0v) is 12.1. The average Bonchev–Trinajstić information content (AvgIpc) is 2.42. The van der Waals surface area contributed by atoms with Gasteiger partial charge in [-0.3, -0.25) is 9.59 Å². The number of ketones is 1. The Labute approximate surface area is 122 Å². The third-order valence-corrected chi connectivity index (χ3v) is 3.37. The van der Waals surface area contributed by atoms with Crippen molar-refractivity contribution in [3.8, 4) is 11.3 Å². The van der Waals surface area contributed by atoms with E-state index in [4.69, 9.17) is 11.6 Å². The first-order valence-corrected chi connectivity index (χ1v) is 6.77. The van der Waals surface area contributed by atoms with Crippen LogP contribution >= 0.6 is 11.6 Å². The van der Waals surface area contributed by atoms with E-state index in [1.54, 1.807) is 18.2 Å². The van der Waals surface area contributed by atoms with Crippen molar-refractivity contribution in [1.82, 2.24) is 9.78 Å². The van der Waals surface area contributed by atoms with Gasteiger partial charge in [-0.1, -0.05) is 30.7 Å². The van der Waals surface area contributed by atoms with Crippen LogP contribution in [0.5, 0.6) is 0 Å². The Morgan fingerprint density at radius 1 is 1.25 bits per heavy atom. The molecule has 1 heterocycles. The van der Waals surface area contributed by atoms with E-state index < -0.39 is 6.04 Å². The summed E-state index contributed by atoms with van der Waals surface area (Å²) >= 11 is 5.85. The van der Waals surface area contributed by atoms with E-state index >= 15 is 0 Å². The number of carbonyl (C=O) groups is 1. The van der Waals surface area contributed by atoms with Gasteiger partial charge in [0.25, 0.3) is 5.56 Å². The molecule has 0 saturated heterocycles. The van der Waals surface area contributed by atoms with Gasteiger partial charge in [-0.15, -0.1) is 0 Å². The smallest absolute Gasteiger partial charge is 0.267 e. The van der Waals surface area contributed by atoms with Crippen LogP contribution in [0.2, 0.25) is 5.02 Å². The summed E-state index contributed by atoms with van der Waals surface area (Å²) in [7, 11) is 0. The number of rotatable bonds is 4. The molecular weight excluding hydrogens is 276 g/mol. The number of hydrogen-bond acceptors (Lipinski definition) is 3. The average molecular weight is 291 g/mol. The number of Topliss-reactive ketones (excluding diaryl/α,β-unsaturated/α-hetero) is 1. The second kappa shape index (κ2) is 6.01. The lowest BCUT2D eigenvalue weighted by Gasteiger charge is -2.14. The van der Waals surface area contributed by atoms with Crippen LogP contribution in [0, 0.1) is 0 Å². The first-order valence-electron chi connectivity index (χ1n) is 6.39. The van der Waals surface area contributed by atoms with Crippen LogP contribution in [0.15, 0.2) is 41.2 Å². The molecule has 0 N–H and O–H groups in total. The van der Waals surface area contributed by atoms with Crippen LogP contribution in [-0.2, 0) is 4.79 Å². The molecule has 20 heavy (non-hydrogen) atoms. The Balaban J connectivity index is 2.50. The number of hydrogen-bond donors (Lipinski definition) is 0. The molecule has 0 fully saturated rings. The highest BCUT2D eigenvalue weighted by Crippen LogP contribution is 2.19. The molecule has 4 nitrogen and oxygen atoms in total. The molecule has 2 rings (SSSR count). The Hall–Kier alpha value is -1.94. The van der Waals surface area contributed by atoms with Crippen molar-refractivity contribution in [3.05, 3.63) is 51.8 Å². The van der Waals surface area contributed by atoms with E-state index in [1.165, 1.54) is 17.7 Å². The normalized spacial score (nSPS) is 12.2. The molecule has 1 aromatic heterocycles. The molecule has 0 saturated carbocycles. The molecule has 1 aromatic carbocycles. The van der Waals surface area contributed by atoms with E-state index in [1.807, 2.05) is 19.1 Å². The molecule has 104 valence electrons. The summed E-state index contributed by atoms with van der Waals surface area (Å²) in [5.41, 5.74) is 1.22. The first-order chi connectivity index (χ1) is 9.52. The van der Waals surface area contributed by atoms with Gasteiger partial charge in [0, 0.05) is 16.7 Å². The summed E-state index contributed by atoms with van der Waals surface area (Å²) in [6.07, 6.45) is 0.534. The Morgan fingerprint density at radius 2 is 1.90 bits per heavy atom. The summed E-state index contributed by atoms with van der Waals surface area (Å²) in [4.78, 5) is 23.5. The van der Waals surface area contributed by atoms with Gasteiger partial charge < -0.3 is 0 Å². The van der Waals surface area contributed by atoms with Crippen molar-refractivity contribution in [2.75, 3.05) is 0 Å². The van der Waals surface area contributed by atoms with E-state index in [-0.39, 0.29) is 11.3 Å². The third kappa shape index (κ3) is 2.96. The zero-order valence-electron chi connectivity index (χ0n) is 11.3. The van der Waals surface area contributed by atoms with Gasteiger partial charge in [0.2, 0.25) is 0 Å². The highest BCUT2D eigenvalue weighted by Gasteiger charge is 2.17. The lowest BCUT2D eigenvalue weighted by molar-refractivity contribution is -0.120. The van der Waals surface area contributed by atoms with Gasteiger partial charge >= 0.3 is 0 Å². The van der Waals surface area contributed by atoms with Crippen LogP contribution in [0.25, 0.3) is 11.3 Å². The first kappa shape index (κ1) is 14.5. The minimum atomic E-state index is -0.519. The highest BCUT2D eigenvalue weighted by atomic mass is 35.5. The van der Waals surface area contributed by atoms with Crippen LogP contribution in [-0.4, -0.2) is 15.6 Å². The van der Waals surface area contributed by atoms with E-state index in [0.29, 0.717) is 17.1 Å². The van der Waals surface area contributed by atoms with E-state index in [9.17, 15) is 9.59 Å². The second-order valence-corrected chi connectivity index (χ2v) is 4.98. The van der Waals surface area contributed by atoms with Crippen molar-refractivity contribution in [2.45, 2.75) is 26.3 Å². The minimum Gasteiger partial charge on any atom is -0.298 e. The minimum absolute atomic E-state index is 0.0737. The number of aromatic nitrogens is 2. The SMILES string of the molecule is CC[C@H](C(C)=O)n1nc(-c2ccc(Cl)cc2)ccc1=O. The quantitative estimate of drug-likeness (QED) is 0.869. The lowest BCUT2D eigenvalue weighted by atomic mass is 10.1. The van der Waals surface area contributed by atoms with Crippen LogP contribution < -0.4 is 5.56 Å². The largest absolute Gasteiger partial charge is 0.298 e. The van der Waals surface area contributed by atoms with Gasteiger partial charge in [-0.05, 0) is 31.5 Å². The van der Waals surface area contributed by atoms with Crippen LogP contribution in [0.4, 0.5) is 0 Å². The molecule has 0 aliphatic rings. The summed E-state index contributed by atoms with van der Waals surface area (Å²) in [5.74, 6) is -0.0737. The molecule has 1 atom stereocenters. The molecule has 0 aliphatic heterocycles. The summed E-state index contributed by atoms with van der Waals surface area (Å²) in [6, 6.07) is 9.74. The molecule has 5 heteroatoms. The molecule has 2 aromatic rings. The fraction of sp³-hybridized carbons (Fsp3) is 0.267. The Morgan fingerprint density at radius 3 is 2.45 bits per heavy atom. The fourth-order valence-corrected chi connectivity index (χ4v) is 2.18. The summed E-state index contributed by atoms with van der Waals surface area (Å²) < 4.78 is 1.26. The van der Waals surface area contributed by atoms with Crippen LogP contribution in [0.1, 0.15) is 26.3 Å². The second-order valence-electron chi connectivity index (χ2n) is 4.54. The topological polar surface area (TPSA) is 52.0 Å². The molecular formula is C15H15ClN2O2. The molecule has 0 amide bonds. The predicted molar refractivity (Wildman–Crippen MR) is 79.0 cm³/mol. The number of benzene rings is 1. The Bertz CT molecular complexity index is 677. The van der Waals surface area contributed by atoms with Crippen molar-refractivity contribution in [3.63, 3.8) is 0 Å². The standard InChI is InChI=1S/C15H15ClN2O2/c1-3-14(10(2)19)18-15(20)9-8-13(17-18)11-4-6-12(16)7-5-11/h4-9,14H,3H2,1-2H3/t14-/m1/s1. The summed E-state index contributed by atoms with van der Waals surface area (Å²) in [5, 5.41) is 4.94. The molecule has 0 unspecified atom stereocenters. The van der Waals surface area contributed by atoms with Crippen molar-refractivity contribution < 1.29 is 4.79 Å². The molecule has 0 spiro atoms. The third-order valence-electron chi connectivity index (χ3n) is 3.12. The molecule has 0 aliphatic carbocycles. The number of halogens is 1. The maximum Gasteiger partial charge on any atom is 0.267 e. The monoisotopic (exact) mass is 290 g/mol. The molecule has 0 radical (unpaired) electrons. The van der Waals surface area contributed by atoms with Gasteiger partial charge in [0.15, 0.2) is 5.78 Å². The van der Waals surface area contributed by atoms with Crippen molar-refractivity contribution in [1.29, 1.82) is 0 Å². The number of nitrogens with zero attached hydrogens (tertiary/aromatic N) is 2. The lowest BCUT2D eigenvalue weighted by Crippen LogP contribution is -2.30. The van der Waals surface area contributed by atoms with Crippen molar-refractivity contribution in [2.24, 2.45) is 0 Å². The van der Waals surface area contributed by atoms with Gasteiger partial charge in [0.05, 0.1) is 5.69 Å². The Kier molecular flexibility index (Phi) is 4.35. The highest BCUT2D eigenvalue weighted by molar-refractivity contribution is 6.30. The maximum atomic E-state index is 11.9. The van der Waals surface area contributed by atoms with E-state index in [0.717, 1.165) is 5.56 Å². The predicted octanol–water partition coefficient (Wildman–Crippen LogP) is 3.10. The molecule has 0 bridgehead atoms. The van der Waals surface area contributed by atoms with Gasteiger partial charge in [-0.2, -0.15) is 5.10 Å². The maximum absolute atomic E-state index is 11.9. The number of carbonyl (C=O) groups excluding carboxylic acids is 1. The zero-order chi connectivity index (χ0) is 14.7.